The first-order valence-electron chi connectivity index (χ1n) is 8.13. The first-order valence-corrected chi connectivity index (χ1v) is 8.13. The van der Waals surface area contributed by atoms with Crippen molar-refractivity contribution in [1.82, 2.24) is 5.32 Å². The van der Waals surface area contributed by atoms with Gasteiger partial charge < -0.3 is 5.32 Å². The Balaban J connectivity index is 2.75. The second-order valence-electron chi connectivity index (χ2n) is 7.37. The maximum Gasteiger partial charge on any atom is 0.00967 e. The van der Waals surface area contributed by atoms with Gasteiger partial charge in [0.1, 0.15) is 0 Å². The molecule has 0 spiro atoms. The molecule has 0 amide bonds. The standard InChI is InChI=1S/C19H33N/c1-7-8-16(3)13-18(14-20-19(4,5)6)17-11-9-15(2)10-12-17/h9-12,16,18,20H,7-8,13-14H2,1-6H3. The SMILES string of the molecule is CCCC(C)CC(CNC(C)(C)C)c1ccc(C)cc1. The lowest BCUT2D eigenvalue weighted by Gasteiger charge is -2.27. The molecule has 1 nitrogen and oxygen atoms in total. The Morgan fingerprint density at radius 1 is 1.10 bits per heavy atom. The first-order chi connectivity index (χ1) is 9.31. The molecule has 0 aliphatic rings. The van der Waals surface area contributed by atoms with Gasteiger partial charge in [-0.1, -0.05) is 56.5 Å². The summed E-state index contributed by atoms with van der Waals surface area (Å²) < 4.78 is 0. The van der Waals surface area contributed by atoms with Gasteiger partial charge >= 0.3 is 0 Å². The van der Waals surface area contributed by atoms with Crippen LogP contribution in [-0.2, 0) is 0 Å². The van der Waals surface area contributed by atoms with E-state index in [1.165, 1.54) is 30.4 Å². The molecule has 0 aliphatic carbocycles. The third-order valence-electron chi connectivity index (χ3n) is 3.90. The van der Waals surface area contributed by atoms with Gasteiger partial charge in [-0.05, 0) is 51.5 Å². The van der Waals surface area contributed by atoms with Crippen molar-refractivity contribution in [1.29, 1.82) is 0 Å². The molecule has 0 aliphatic heterocycles. The minimum absolute atomic E-state index is 0.191. The maximum atomic E-state index is 3.68. The van der Waals surface area contributed by atoms with Crippen LogP contribution in [-0.4, -0.2) is 12.1 Å². The molecule has 0 saturated heterocycles. The van der Waals surface area contributed by atoms with E-state index in [1.807, 2.05) is 0 Å². The lowest BCUT2D eigenvalue weighted by atomic mass is 9.86. The molecular weight excluding hydrogens is 242 g/mol. The van der Waals surface area contributed by atoms with Crippen molar-refractivity contribution >= 4 is 0 Å². The summed E-state index contributed by atoms with van der Waals surface area (Å²) in [6, 6.07) is 9.10. The molecule has 0 bridgehead atoms. The van der Waals surface area contributed by atoms with Gasteiger partial charge in [0.25, 0.3) is 0 Å². The third kappa shape index (κ3) is 6.56. The van der Waals surface area contributed by atoms with Crippen LogP contribution in [0.5, 0.6) is 0 Å². The number of nitrogens with one attached hydrogen (secondary N) is 1. The predicted octanol–water partition coefficient (Wildman–Crippen LogP) is 5.29. The van der Waals surface area contributed by atoms with Gasteiger partial charge in [-0.15, -0.1) is 0 Å². The summed E-state index contributed by atoms with van der Waals surface area (Å²) in [6.07, 6.45) is 3.90. The Morgan fingerprint density at radius 3 is 2.20 bits per heavy atom. The number of aryl methyl sites for hydroxylation is 1. The molecule has 20 heavy (non-hydrogen) atoms. The minimum atomic E-state index is 0.191. The van der Waals surface area contributed by atoms with E-state index in [-0.39, 0.29) is 5.54 Å². The highest BCUT2D eigenvalue weighted by Crippen LogP contribution is 2.26. The molecule has 1 rings (SSSR count). The predicted molar refractivity (Wildman–Crippen MR) is 90.4 cm³/mol. The second-order valence-corrected chi connectivity index (χ2v) is 7.37. The summed E-state index contributed by atoms with van der Waals surface area (Å²) in [6.45, 7) is 14.6. The summed E-state index contributed by atoms with van der Waals surface area (Å²) in [4.78, 5) is 0. The smallest absolute Gasteiger partial charge is 0.00967 e. The average Bonchev–Trinajstić information content (AvgIpc) is 2.35. The van der Waals surface area contributed by atoms with Crippen molar-refractivity contribution in [3.05, 3.63) is 35.4 Å². The van der Waals surface area contributed by atoms with Crippen molar-refractivity contribution in [2.24, 2.45) is 5.92 Å². The van der Waals surface area contributed by atoms with E-state index in [0.717, 1.165) is 12.5 Å². The van der Waals surface area contributed by atoms with E-state index < -0.39 is 0 Å². The zero-order valence-electron chi connectivity index (χ0n) is 14.3. The fourth-order valence-electron chi connectivity index (χ4n) is 2.70. The van der Waals surface area contributed by atoms with E-state index in [1.54, 1.807) is 0 Å². The van der Waals surface area contributed by atoms with Crippen LogP contribution in [0.2, 0.25) is 0 Å². The Kier molecular flexibility index (Phi) is 6.75. The molecule has 1 aromatic rings. The second kappa shape index (κ2) is 7.83. The quantitative estimate of drug-likeness (QED) is 0.712. The van der Waals surface area contributed by atoms with E-state index in [0.29, 0.717) is 5.92 Å². The molecule has 1 N–H and O–H groups in total. The van der Waals surface area contributed by atoms with E-state index >= 15 is 0 Å². The third-order valence-corrected chi connectivity index (χ3v) is 3.90. The topological polar surface area (TPSA) is 12.0 Å². The molecule has 1 aromatic carbocycles. The number of rotatable bonds is 7. The fraction of sp³-hybridized carbons (Fsp3) is 0.684. The van der Waals surface area contributed by atoms with Crippen molar-refractivity contribution in [3.8, 4) is 0 Å². The lowest BCUT2D eigenvalue weighted by Crippen LogP contribution is -2.38. The summed E-state index contributed by atoms with van der Waals surface area (Å²) in [5, 5.41) is 3.68. The van der Waals surface area contributed by atoms with Gasteiger partial charge in [0.15, 0.2) is 0 Å². The Morgan fingerprint density at radius 2 is 1.70 bits per heavy atom. The molecule has 1 heteroatoms. The normalized spacial score (nSPS) is 15.1. The summed E-state index contributed by atoms with van der Waals surface area (Å²) in [5.74, 6) is 1.42. The van der Waals surface area contributed by atoms with E-state index in [9.17, 15) is 0 Å². The average molecular weight is 275 g/mol. The Hall–Kier alpha value is -0.820. The zero-order chi connectivity index (χ0) is 15.2. The molecule has 0 aromatic heterocycles. The van der Waals surface area contributed by atoms with Crippen molar-refractivity contribution in [2.75, 3.05) is 6.54 Å². The summed E-state index contributed by atoms with van der Waals surface area (Å²) in [7, 11) is 0. The number of hydrogen-bond acceptors (Lipinski definition) is 1. The van der Waals surface area contributed by atoms with Crippen LogP contribution in [0.4, 0.5) is 0 Å². The number of hydrogen-bond donors (Lipinski definition) is 1. The molecule has 2 atom stereocenters. The van der Waals surface area contributed by atoms with Gasteiger partial charge in [-0.2, -0.15) is 0 Å². The van der Waals surface area contributed by atoms with Crippen LogP contribution in [0, 0.1) is 12.8 Å². The lowest BCUT2D eigenvalue weighted by molar-refractivity contribution is 0.366. The zero-order valence-corrected chi connectivity index (χ0v) is 14.3. The monoisotopic (exact) mass is 275 g/mol. The highest BCUT2D eigenvalue weighted by atomic mass is 14.9. The maximum absolute atomic E-state index is 3.68. The fourth-order valence-corrected chi connectivity index (χ4v) is 2.70. The molecule has 2 unspecified atom stereocenters. The van der Waals surface area contributed by atoms with Gasteiger partial charge in [0.2, 0.25) is 0 Å². The highest BCUT2D eigenvalue weighted by Gasteiger charge is 2.18. The van der Waals surface area contributed by atoms with Crippen LogP contribution in [0.25, 0.3) is 0 Å². The summed E-state index contributed by atoms with van der Waals surface area (Å²) >= 11 is 0. The van der Waals surface area contributed by atoms with Crippen LogP contribution < -0.4 is 5.32 Å². The largest absolute Gasteiger partial charge is 0.311 e. The van der Waals surface area contributed by atoms with Crippen molar-refractivity contribution in [3.63, 3.8) is 0 Å². The Labute approximate surface area is 126 Å². The van der Waals surface area contributed by atoms with Crippen molar-refractivity contribution in [2.45, 2.75) is 72.3 Å². The van der Waals surface area contributed by atoms with Crippen molar-refractivity contribution < 1.29 is 0 Å². The molecule has 0 radical (unpaired) electrons. The molecular formula is C19H33N. The van der Waals surface area contributed by atoms with Crippen LogP contribution in [0.1, 0.15) is 70.9 Å². The van der Waals surface area contributed by atoms with E-state index in [2.05, 4.69) is 71.1 Å². The van der Waals surface area contributed by atoms with E-state index in [4.69, 9.17) is 0 Å². The van der Waals surface area contributed by atoms with Crippen LogP contribution >= 0.6 is 0 Å². The molecule has 0 saturated carbocycles. The van der Waals surface area contributed by atoms with Gasteiger partial charge in [0.05, 0.1) is 0 Å². The van der Waals surface area contributed by atoms with Crippen LogP contribution in [0.3, 0.4) is 0 Å². The first kappa shape index (κ1) is 17.2. The molecule has 0 heterocycles. The Bertz CT molecular complexity index is 372. The number of benzene rings is 1. The van der Waals surface area contributed by atoms with Gasteiger partial charge in [-0.25, -0.2) is 0 Å². The van der Waals surface area contributed by atoms with Gasteiger partial charge in [-0.3, -0.25) is 0 Å². The summed E-state index contributed by atoms with van der Waals surface area (Å²) in [5.41, 5.74) is 3.02. The highest BCUT2D eigenvalue weighted by molar-refractivity contribution is 5.25. The van der Waals surface area contributed by atoms with Gasteiger partial charge in [0, 0.05) is 12.1 Å². The molecule has 114 valence electrons. The van der Waals surface area contributed by atoms with Crippen LogP contribution in [0.15, 0.2) is 24.3 Å². The molecule has 0 fully saturated rings. The minimum Gasteiger partial charge on any atom is -0.311 e.